The van der Waals surface area contributed by atoms with Crippen LogP contribution in [0.5, 0.6) is 0 Å². The summed E-state index contributed by atoms with van der Waals surface area (Å²) < 4.78 is 19.4. The van der Waals surface area contributed by atoms with E-state index in [0.717, 1.165) is 12.0 Å². The van der Waals surface area contributed by atoms with Gasteiger partial charge in [-0.25, -0.2) is 9.18 Å². The van der Waals surface area contributed by atoms with Crippen LogP contribution in [0.4, 0.5) is 4.39 Å². The van der Waals surface area contributed by atoms with Gasteiger partial charge in [0.15, 0.2) is 5.78 Å². The van der Waals surface area contributed by atoms with Crippen molar-refractivity contribution in [2.45, 2.75) is 32.7 Å². The largest absolute Gasteiger partial charge is 0.460 e. The Hall–Kier alpha value is -2.76. The van der Waals surface area contributed by atoms with Gasteiger partial charge in [-0.2, -0.15) is 0 Å². The van der Waals surface area contributed by atoms with Crippen molar-refractivity contribution < 1.29 is 23.5 Å². The van der Waals surface area contributed by atoms with Crippen molar-refractivity contribution in [3.05, 3.63) is 59.7 Å². The van der Waals surface area contributed by atoms with Gasteiger partial charge in [0.25, 0.3) is 0 Å². The van der Waals surface area contributed by atoms with Crippen molar-refractivity contribution in [2.24, 2.45) is 0 Å². The van der Waals surface area contributed by atoms with Gasteiger partial charge in [0.1, 0.15) is 5.82 Å². The van der Waals surface area contributed by atoms with Crippen molar-refractivity contribution >= 4 is 17.5 Å². The normalized spacial score (nSPS) is 10.5. The highest BCUT2D eigenvalue weighted by molar-refractivity contribution is 6.38. The summed E-state index contributed by atoms with van der Waals surface area (Å²) in [6.45, 7) is 2.48. The Bertz CT molecular complexity index is 749. The van der Waals surface area contributed by atoms with Crippen molar-refractivity contribution in [1.82, 2.24) is 4.57 Å². The molecule has 1 aromatic heterocycles. The molecular weight excluding hydrogens is 325 g/mol. The number of hydrogen-bond donors (Lipinski definition) is 0. The lowest BCUT2D eigenvalue weighted by Gasteiger charge is -2.08. The van der Waals surface area contributed by atoms with E-state index in [-0.39, 0.29) is 12.4 Å². The molecule has 2 aromatic rings. The molecule has 5 nitrogen and oxygen atoms in total. The first-order chi connectivity index (χ1) is 12.0. The molecule has 0 saturated carbocycles. The van der Waals surface area contributed by atoms with Crippen LogP contribution in [-0.4, -0.2) is 28.7 Å². The summed E-state index contributed by atoms with van der Waals surface area (Å²) in [4.78, 5) is 35.7. The van der Waals surface area contributed by atoms with Crippen LogP contribution in [0.3, 0.4) is 0 Å². The molecule has 0 aliphatic heterocycles. The summed E-state index contributed by atoms with van der Waals surface area (Å²) >= 11 is 0. The predicted molar refractivity (Wildman–Crippen MR) is 89.8 cm³/mol. The first-order valence-electron chi connectivity index (χ1n) is 8.14. The third-order valence-corrected chi connectivity index (χ3v) is 3.66. The first kappa shape index (κ1) is 18.6. The zero-order chi connectivity index (χ0) is 18.2. The average Bonchev–Trinajstić information content (AvgIpc) is 3.05. The average molecular weight is 345 g/mol. The van der Waals surface area contributed by atoms with Crippen molar-refractivity contribution in [1.29, 1.82) is 0 Å². The van der Waals surface area contributed by atoms with E-state index in [0.29, 0.717) is 18.7 Å². The first-order valence-corrected chi connectivity index (χ1v) is 8.14. The monoisotopic (exact) mass is 345 g/mol. The number of ether oxygens (including phenoxy) is 1. The molecule has 1 aromatic carbocycles. The lowest BCUT2D eigenvalue weighted by Crippen LogP contribution is -2.22. The third-order valence-electron chi connectivity index (χ3n) is 3.66. The Morgan fingerprint density at radius 1 is 1.12 bits per heavy atom. The summed E-state index contributed by atoms with van der Waals surface area (Å²) in [7, 11) is 0. The number of halogens is 1. The Labute approximate surface area is 145 Å². The number of carbonyl (C=O) groups excluding carboxylic acids is 3. The van der Waals surface area contributed by atoms with Crippen molar-refractivity contribution in [2.75, 3.05) is 6.61 Å². The lowest BCUT2D eigenvalue weighted by molar-refractivity contribution is -0.153. The molecule has 0 saturated heterocycles. The minimum atomic E-state index is -0.974. The van der Waals surface area contributed by atoms with Crippen LogP contribution in [0.2, 0.25) is 0 Å². The predicted octanol–water partition coefficient (Wildman–Crippen LogP) is 3.16. The number of Topliss-reactive ketones (excluding diaryl/α,β-unsaturated/α-hetero) is 2. The fourth-order valence-corrected chi connectivity index (χ4v) is 2.29. The van der Waals surface area contributed by atoms with Crippen LogP contribution in [0, 0.1) is 5.82 Å². The molecule has 0 fully saturated rings. The molecule has 0 amide bonds. The number of nitrogens with zero attached hydrogens (tertiary/aromatic N) is 1. The van der Waals surface area contributed by atoms with Crippen LogP contribution in [0.25, 0.3) is 0 Å². The van der Waals surface area contributed by atoms with Gasteiger partial charge in [0.2, 0.25) is 5.78 Å². The zero-order valence-electron chi connectivity index (χ0n) is 14.0. The van der Waals surface area contributed by atoms with Crippen LogP contribution >= 0.6 is 0 Å². The van der Waals surface area contributed by atoms with Crippen molar-refractivity contribution in [3.8, 4) is 0 Å². The molecule has 0 spiro atoms. The van der Waals surface area contributed by atoms with Gasteiger partial charge in [-0.15, -0.1) is 0 Å². The fraction of sp³-hybridized carbons (Fsp3) is 0.316. The third kappa shape index (κ3) is 5.38. The minimum absolute atomic E-state index is 0.177. The van der Waals surface area contributed by atoms with E-state index in [9.17, 15) is 18.8 Å². The molecule has 0 unspecified atom stereocenters. The molecule has 6 heteroatoms. The Kier molecular flexibility index (Phi) is 6.62. The van der Waals surface area contributed by atoms with Gasteiger partial charge in [0.05, 0.1) is 18.7 Å². The number of unbranched alkanes of at least 4 members (excludes halogenated alkanes) is 1. The number of hydrogen-bond acceptors (Lipinski definition) is 4. The lowest BCUT2D eigenvalue weighted by atomic mass is 10.1. The van der Waals surface area contributed by atoms with Crippen molar-refractivity contribution in [3.63, 3.8) is 0 Å². The number of rotatable bonds is 9. The molecule has 1 heterocycles. The molecule has 0 aliphatic carbocycles. The van der Waals surface area contributed by atoms with Gasteiger partial charge in [-0.05, 0) is 36.2 Å². The Morgan fingerprint density at radius 2 is 1.84 bits per heavy atom. The Balaban J connectivity index is 1.98. The minimum Gasteiger partial charge on any atom is -0.460 e. The number of esters is 1. The maximum atomic E-state index is 13.0. The summed E-state index contributed by atoms with van der Waals surface area (Å²) in [6, 6.07) is 9.20. The molecule has 0 radical (unpaired) electrons. The van der Waals surface area contributed by atoms with Crippen LogP contribution in [-0.2, 0) is 20.9 Å². The number of ketones is 2. The second-order valence-electron chi connectivity index (χ2n) is 5.66. The maximum absolute atomic E-state index is 13.0. The molecule has 132 valence electrons. The van der Waals surface area contributed by atoms with E-state index in [1.807, 2.05) is 6.92 Å². The highest BCUT2D eigenvalue weighted by Crippen LogP contribution is 2.11. The molecule has 2 rings (SSSR count). The van der Waals surface area contributed by atoms with E-state index < -0.39 is 24.0 Å². The highest BCUT2D eigenvalue weighted by atomic mass is 19.1. The summed E-state index contributed by atoms with van der Waals surface area (Å²) in [5.74, 6) is -2.61. The van der Waals surface area contributed by atoms with Crippen LogP contribution in [0.1, 0.15) is 42.2 Å². The quantitative estimate of drug-likeness (QED) is 0.230. The molecule has 0 aliphatic rings. The molecular formula is C19H20FNO4. The molecule has 0 N–H and O–H groups in total. The number of benzene rings is 1. The topological polar surface area (TPSA) is 65.4 Å². The van der Waals surface area contributed by atoms with E-state index in [1.54, 1.807) is 35.0 Å². The van der Waals surface area contributed by atoms with E-state index in [1.165, 1.54) is 12.1 Å². The van der Waals surface area contributed by atoms with E-state index in [4.69, 9.17) is 4.74 Å². The number of aromatic nitrogens is 1. The van der Waals surface area contributed by atoms with E-state index in [2.05, 4.69) is 0 Å². The molecule has 0 bridgehead atoms. The van der Waals surface area contributed by atoms with Gasteiger partial charge < -0.3 is 9.30 Å². The SMILES string of the molecule is CCCCOC(=O)C(=O)CC(=O)c1cccn1Cc1ccc(F)cc1. The zero-order valence-corrected chi connectivity index (χ0v) is 14.0. The van der Waals surface area contributed by atoms with Gasteiger partial charge in [-0.1, -0.05) is 25.5 Å². The summed E-state index contributed by atoms with van der Waals surface area (Å²) in [6.07, 6.45) is 2.68. The van der Waals surface area contributed by atoms with Gasteiger partial charge in [-0.3, -0.25) is 9.59 Å². The summed E-state index contributed by atoms with van der Waals surface area (Å²) in [5.41, 5.74) is 1.14. The highest BCUT2D eigenvalue weighted by Gasteiger charge is 2.22. The number of carbonyl (C=O) groups is 3. The molecule has 0 atom stereocenters. The smallest absolute Gasteiger partial charge is 0.375 e. The fourth-order valence-electron chi connectivity index (χ4n) is 2.29. The molecule has 25 heavy (non-hydrogen) atoms. The van der Waals surface area contributed by atoms with Gasteiger partial charge in [0, 0.05) is 12.7 Å². The Morgan fingerprint density at radius 3 is 2.52 bits per heavy atom. The van der Waals surface area contributed by atoms with E-state index >= 15 is 0 Å². The van der Waals surface area contributed by atoms with Crippen LogP contribution < -0.4 is 0 Å². The van der Waals surface area contributed by atoms with Gasteiger partial charge >= 0.3 is 5.97 Å². The summed E-state index contributed by atoms with van der Waals surface area (Å²) in [5, 5.41) is 0. The maximum Gasteiger partial charge on any atom is 0.375 e. The second-order valence-corrected chi connectivity index (χ2v) is 5.66. The standard InChI is InChI=1S/C19H20FNO4/c1-2-3-11-25-19(24)18(23)12-17(22)16-5-4-10-21(16)13-14-6-8-15(20)9-7-14/h4-10H,2-3,11-13H2,1H3. The second kappa shape index (κ2) is 8.92. The van der Waals surface area contributed by atoms with Crippen LogP contribution in [0.15, 0.2) is 42.6 Å².